The normalized spacial score (nSPS) is 11.8. The first-order valence-electron chi connectivity index (χ1n) is 11.1. The van der Waals surface area contributed by atoms with Crippen LogP contribution in [-0.2, 0) is 9.59 Å². The Morgan fingerprint density at radius 3 is 2.45 bits per heavy atom. The number of carbonyl (C=O) groups excluding carboxylic acids is 1. The molecule has 0 unspecified atom stereocenters. The predicted octanol–water partition coefficient (Wildman–Crippen LogP) is 3.44. The third kappa shape index (κ3) is 5.36. The van der Waals surface area contributed by atoms with Gasteiger partial charge >= 0.3 is 5.97 Å². The fourth-order valence-electron chi connectivity index (χ4n) is 3.70. The molecule has 2 N–H and O–H groups in total. The number of amides is 1. The highest BCUT2D eigenvalue weighted by Gasteiger charge is 2.22. The van der Waals surface area contributed by atoms with Crippen LogP contribution in [0.4, 0.5) is 11.6 Å². The van der Waals surface area contributed by atoms with Crippen molar-refractivity contribution >= 4 is 34.7 Å². The second kappa shape index (κ2) is 10.7. The van der Waals surface area contributed by atoms with Crippen molar-refractivity contribution in [3.63, 3.8) is 0 Å². The molecule has 33 heavy (non-hydrogen) atoms. The molecule has 0 aliphatic heterocycles. The summed E-state index contributed by atoms with van der Waals surface area (Å²) in [6.07, 6.45) is 1.60. The van der Waals surface area contributed by atoms with Gasteiger partial charge in [0.2, 0.25) is 5.91 Å². The molecule has 1 amide bonds. The van der Waals surface area contributed by atoms with Crippen molar-refractivity contribution in [3.8, 4) is 0 Å². The highest BCUT2D eigenvalue weighted by Crippen LogP contribution is 2.26. The lowest BCUT2D eigenvalue weighted by atomic mass is 10.0. The van der Waals surface area contributed by atoms with Crippen molar-refractivity contribution in [2.45, 2.75) is 45.6 Å². The Bertz CT molecular complexity index is 1190. The molecule has 0 bridgehead atoms. The van der Waals surface area contributed by atoms with E-state index in [-0.39, 0.29) is 30.7 Å². The van der Waals surface area contributed by atoms with E-state index in [4.69, 9.17) is 5.11 Å². The van der Waals surface area contributed by atoms with Crippen molar-refractivity contribution in [3.05, 3.63) is 58.4 Å². The molecule has 0 fully saturated rings. The zero-order chi connectivity index (χ0) is 24.0. The summed E-state index contributed by atoms with van der Waals surface area (Å²) < 4.78 is 1.59. The van der Waals surface area contributed by atoms with Crippen LogP contribution in [0, 0.1) is 0 Å². The van der Waals surface area contributed by atoms with E-state index in [1.807, 2.05) is 44.2 Å². The van der Waals surface area contributed by atoms with Crippen molar-refractivity contribution in [1.82, 2.24) is 14.5 Å². The molecule has 174 valence electrons. The van der Waals surface area contributed by atoms with Crippen LogP contribution >= 0.6 is 0 Å². The molecule has 9 nitrogen and oxygen atoms in total. The van der Waals surface area contributed by atoms with Gasteiger partial charge < -0.3 is 10.4 Å². The van der Waals surface area contributed by atoms with Crippen LogP contribution in [0.3, 0.4) is 0 Å². The van der Waals surface area contributed by atoms with Gasteiger partial charge in [0, 0.05) is 20.0 Å². The minimum absolute atomic E-state index is 0.0618. The van der Waals surface area contributed by atoms with E-state index >= 15 is 0 Å². The lowest BCUT2D eigenvalue weighted by molar-refractivity contribution is -0.136. The molecule has 0 aliphatic carbocycles. The van der Waals surface area contributed by atoms with Crippen molar-refractivity contribution in [2.75, 3.05) is 23.8 Å². The summed E-state index contributed by atoms with van der Waals surface area (Å²) >= 11 is 0. The number of pyridine rings is 1. The number of hydrogen-bond acceptors (Lipinski definition) is 6. The van der Waals surface area contributed by atoms with Crippen LogP contribution in [0.1, 0.15) is 51.1 Å². The molecule has 3 aromatic rings. The van der Waals surface area contributed by atoms with Gasteiger partial charge in [-0.3, -0.25) is 23.9 Å². The molecule has 0 aliphatic rings. The molecular weight excluding hydrogens is 422 g/mol. The monoisotopic (exact) mass is 451 g/mol. The third-order valence-electron chi connectivity index (χ3n) is 5.42. The lowest BCUT2D eigenvalue weighted by Gasteiger charge is -2.23. The minimum Gasteiger partial charge on any atom is -0.481 e. The van der Waals surface area contributed by atoms with Crippen LogP contribution in [0.15, 0.2) is 47.3 Å². The molecule has 3 rings (SSSR count). The van der Waals surface area contributed by atoms with E-state index in [1.165, 1.54) is 4.90 Å². The molecule has 0 saturated carbocycles. The molecule has 2 heterocycles. The smallest absolute Gasteiger partial charge is 0.305 e. The average Bonchev–Trinajstić information content (AvgIpc) is 2.81. The third-order valence-corrected chi connectivity index (χ3v) is 5.42. The summed E-state index contributed by atoms with van der Waals surface area (Å²) in [6.45, 7) is 3.99. The van der Waals surface area contributed by atoms with Crippen LogP contribution in [0.2, 0.25) is 0 Å². The Hall–Kier alpha value is -3.75. The summed E-state index contributed by atoms with van der Waals surface area (Å²) in [5.74, 6) is -0.521. The number of nitrogens with zero attached hydrogens (tertiary/aromatic N) is 4. The van der Waals surface area contributed by atoms with Gasteiger partial charge in [0.05, 0.1) is 12.5 Å². The fourth-order valence-corrected chi connectivity index (χ4v) is 3.70. The van der Waals surface area contributed by atoms with E-state index in [0.717, 1.165) is 12.0 Å². The molecule has 0 saturated heterocycles. The van der Waals surface area contributed by atoms with E-state index in [2.05, 4.69) is 15.3 Å². The van der Waals surface area contributed by atoms with E-state index in [1.54, 1.807) is 23.7 Å². The van der Waals surface area contributed by atoms with E-state index in [9.17, 15) is 14.4 Å². The minimum atomic E-state index is -0.967. The van der Waals surface area contributed by atoms with E-state index < -0.39 is 11.5 Å². The average molecular weight is 452 g/mol. The van der Waals surface area contributed by atoms with Gasteiger partial charge in [0.25, 0.3) is 5.56 Å². The Morgan fingerprint density at radius 2 is 1.82 bits per heavy atom. The molecule has 9 heteroatoms. The number of benzene rings is 1. The van der Waals surface area contributed by atoms with Crippen LogP contribution in [0.25, 0.3) is 11.2 Å². The number of carboxylic acid groups (broad SMARTS) is 1. The van der Waals surface area contributed by atoms with E-state index in [0.29, 0.717) is 29.8 Å². The standard InChI is InChI=1S/C24H29N5O4/c1-4-9-20(30)28(3)19-13-12-17-23(27-19)29(18(5-2)16-10-7-6-8-11-16)24(33)22(26-17)25-15-14-21(31)32/h6-8,10-13,18H,4-5,9,14-15H2,1-3H3,(H,25,26)(H,31,32)/t18-/m0/s1. The molecule has 0 spiro atoms. The van der Waals surface area contributed by atoms with Gasteiger partial charge in [-0.25, -0.2) is 9.97 Å². The SMILES string of the molecule is CCCC(=O)N(C)c1ccc2nc(NCCC(=O)O)c(=O)n([C@@H](CC)c3ccccc3)c2n1. The molecule has 0 radical (unpaired) electrons. The zero-order valence-corrected chi connectivity index (χ0v) is 19.1. The number of carboxylic acids is 1. The largest absolute Gasteiger partial charge is 0.481 e. The Morgan fingerprint density at radius 1 is 1.09 bits per heavy atom. The Labute approximate surface area is 192 Å². The van der Waals surface area contributed by atoms with Crippen LogP contribution in [-0.4, -0.2) is 45.1 Å². The number of rotatable bonds is 10. The number of anilines is 2. The van der Waals surface area contributed by atoms with Crippen molar-refractivity contribution < 1.29 is 14.7 Å². The molecule has 1 aromatic carbocycles. The van der Waals surface area contributed by atoms with Crippen molar-refractivity contribution in [1.29, 1.82) is 0 Å². The van der Waals surface area contributed by atoms with Gasteiger partial charge in [-0.05, 0) is 30.5 Å². The van der Waals surface area contributed by atoms with Gasteiger partial charge in [-0.2, -0.15) is 0 Å². The first-order chi connectivity index (χ1) is 15.9. The highest BCUT2D eigenvalue weighted by atomic mass is 16.4. The molecular formula is C24H29N5O4. The summed E-state index contributed by atoms with van der Waals surface area (Å²) in [7, 11) is 1.67. The van der Waals surface area contributed by atoms with Crippen LogP contribution < -0.4 is 15.8 Å². The zero-order valence-electron chi connectivity index (χ0n) is 19.1. The Kier molecular flexibility index (Phi) is 7.76. The highest BCUT2D eigenvalue weighted by molar-refractivity contribution is 5.92. The maximum atomic E-state index is 13.5. The van der Waals surface area contributed by atoms with Gasteiger partial charge in [-0.1, -0.05) is 44.2 Å². The lowest BCUT2D eigenvalue weighted by Crippen LogP contribution is -2.31. The number of carbonyl (C=O) groups is 2. The second-order valence-electron chi connectivity index (χ2n) is 7.76. The molecule has 2 aromatic heterocycles. The van der Waals surface area contributed by atoms with Gasteiger partial charge in [-0.15, -0.1) is 0 Å². The summed E-state index contributed by atoms with van der Waals surface area (Å²) in [4.78, 5) is 47.4. The van der Waals surface area contributed by atoms with Gasteiger partial charge in [0.15, 0.2) is 11.5 Å². The summed E-state index contributed by atoms with van der Waals surface area (Å²) in [6, 6.07) is 12.7. The second-order valence-corrected chi connectivity index (χ2v) is 7.76. The van der Waals surface area contributed by atoms with Crippen molar-refractivity contribution in [2.24, 2.45) is 0 Å². The number of aliphatic carboxylic acids is 1. The number of aromatic nitrogens is 3. The first-order valence-corrected chi connectivity index (χ1v) is 11.1. The summed E-state index contributed by atoms with van der Waals surface area (Å²) in [5.41, 5.74) is 1.39. The fraction of sp³-hybridized carbons (Fsp3) is 0.375. The number of fused-ring (bicyclic) bond motifs is 1. The predicted molar refractivity (Wildman–Crippen MR) is 128 cm³/mol. The maximum Gasteiger partial charge on any atom is 0.305 e. The maximum absolute atomic E-state index is 13.5. The molecule has 1 atom stereocenters. The topological polar surface area (TPSA) is 117 Å². The summed E-state index contributed by atoms with van der Waals surface area (Å²) in [5, 5.41) is 11.8. The Balaban J connectivity index is 2.19. The number of hydrogen-bond donors (Lipinski definition) is 2. The quantitative estimate of drug-likeness (QED) is 0.485. The first kappa shape index (κ1) is 23.9. The number of nitrogens with one attached hydrogen (secondary N) is 1. The van der Waals surface area contributed by atoms with Gasteiger partial charge in [0.1, 0.15) is 11.3 Å². The van der Waals surface area contributed by atoms with Crippen LogP contribution in [0.5, 0.6) is 0 Å².